The van der Waals surface area contributed by atoms with E-state index in [0.29, 0.717) is 30.3 Å². The molecule has 0 atom stereocenters. The number of nitrogens with one attached hydrogen (secondary N) is 1. The fourth-order valence-corrected chi connectivity index (χ4v) is 5.34. The van der Waals surface area contributed by atoms with Gasteiger partial charge in [-0.2, -0.15) is 4.98 Å². The molecular formula is C25H23Cl3N6O3. The van der Waals surface area contributed by atoms with E-state index < -0.39 is 5.91 Å². The van der Waals surface area contributed by atoms with Crippen LogP contribution in [0.3, 0.4) is 0 Å². The standard InChI is InChI=1S/C25H23Cl3N6O3/c1-32(2)12-21(35)33-6-5-14-3-4-17(7-15(14)11-33)30-25-29-10-18-23(31-25)37-13-34(24(18)36)22-19(27)8-16(26)9-20(22)28/h3-4,7-10H,5-6,11-13H2,1-2H3,(H,29,30,31). The first-order chi connectivity index (χ1) is 17.7. The summed E-state index contributed by atoms with van der Waals surface area (Å²) in [5.41, 5.74) is 3.53. The highest BCUT2D eigenvalue weighted by atomic mass is 35.5. The van der Waals surface area contributed by atoms with Crippen LogP contribution in [0.2, 0.25) is 15.1 Å². The molecule has 2 amide bonds. The van der Waals surface area contributed by atoms with Gasteiger partial charge in [-0.15, -0.1) is 0 Å². The fraction of sp³-hybridized carbons (Fsp3) is 0.280. The molecule has 0 bridgehead atoms. The summed E-state index contributed by atoms with van der Waals surface area (Å²) in [5, 5.41) is 3.98. The molecule has 1 N–H and O–H groups in total. The van der Waals surface area contributed by atoms with Crippen LogP contribution in [0.25, 0.3) is 0 Å². The van der Waals surface area contributed by atoms with Crippen molar-refractivity contribution in [2.75, 3.05) is 44.1 Å². The largest absolute Gasteiger partial charge is 0.455 e. The average molecular weight is 562 g/mol. The van der Waals surface area contributed by atoms with Crippen LogP contribution in [0.15, 0.2) is 36.5 Å². The number of carbonyl (C=O) groups is 2. The molecule has 0 unspecified atom stereocenters. The Labute approximate surface area is 228 Å². The number of likely N-dealkylation sites (N-methyl/N-ethyl adjacent to an activating group) is 1. The highest BCUT2D eigenvalue weighted by molar-refractivity contribution is 6.42. The summed E-state index contributed by atoms with van der Waals surface area (Å²) in [4.78, 5) is 39.4. The SMILES string of the molecule is CN(C)CC(=O)N1CCc2ccc(Nc3ncc4c(n3)OCN(c3c(Cl)cc(Cl)cc3Cl)C4=O)cc2C1. The minimum atomic E-state index is -0.393. The fourth-order valence-electron chi connectivity index (χ4n) is 4.32. The summed E-state index contributed by atoms with van der Waals surface area (Å²) in [6.45, 7) is 1.50. The Kier molecular flexibility index (Phi) is 7.13. The molecule has 0 fully saturated rings. The number of rotatable bonds is 5. The lowest BCUT2D eigenvalue weighted by Crippen LogP contribution is -2.40. The van der Waals surface area contributed by atoms with Gasteiger partial charge in [-0.25, -0.2) is 4.98 Å². The quantitative estimate of drug-likeness (QED) is 0.486. The number of halogens is 3. The van der Waals surface area contributed by atoms with E-state index in [1.54, 1.807) is 0 Å². The van der Waals surface area contributed by atoms with E-state index in [4.69, 9.17) is 39.5 Å². The van der Waals surface area contributed by atoms with Crippen LogP contribution in [0.1, 0.15) is 21.5 Å². The Morgan fingerprint density at radius 3 is 2.62 bits per heavy atom. The van der Waals surface area contributed by atoms with Gasteiger partial charge in [-0.1, -0.05) is 40.9 Å². The molecule has 0 aliphatic carbocycles. The predicted octanol–water partition coefficient (Wildman–Crippen LogP) is 4.62. The first kappa shape index (κ1) is 25.5. The van der Waals surface area contributed by atoms with Gasteiger partial charge < -0.3 is 19.9 Å². The first-order valence-corrected chi connectivity index (χ1v) is 12.6. The van der Waals surface area contributed by atoms with E-state index in [0.717, 1.165) is 17.7 Å². The van der Waals surface area contributed by atoms with Gasteiger partial charge in [0.1, 0.15) is 5.56 Å². The lowest BCUT2D eigenvalue weighted by Gasteiger charge is -2.30. The van der Waals surface area contributed by atoms with E-state index in [-0.39, 0.29) is 40.1 Å². The summed E-state index contributed by atoms with van der Waals surface area (Å²) >= 11 is 18.6. The highest BCUT2D eigenvalue weighted by Gasteiger charge is 2.31. The van der Waals surface area contributed by atoms with Crippen LogP contribution in [-0.4, -0.2) is 65.5 Å². The molecule has 3 heterocycles. The van der Waals surface area contributed by atoms with E-state index in [2.05, 4.69) is 15.3 Å². The Bertz CT molecular complexity index is 1380. The number of carbonyl (C=O) groups excluding carboxylic acids is 2. The Balaban J connectivity index is 1.33. The second kappa shape index (κ2) is 10.3. The Morgan fingerprint density at radius 1 is 1.14 bits per heavy atom. The minimum absolute atomic E-state index is 0.101. The lowest BCUT2D eigenvalue weighted by molar-refractivity contribution is -0.132. The second-order valence-corrected chi connectivity index (χ2v) is 10.3. The van der Waals surface area contributed by atoms with Crippen LogP contribution in [0.5, 0.6) is 5.88 Å². The van der Waals surface area contributed by atoms with E-state index in [1.165, 1.54) is 28.8 Å². The molecule has 1 aromatic heterocycles. The predicted molar refractivity (Wildman–Crippen MR) is 143 cm³/mol. The first-order valence-electron chi connectivity index (χ1n) is 11.5. The molecule has 37 heavy (non-hydrogen) atoms. The number of hydrogen-bond donors (Lipinski definition) is 1. The number of benzene rings is 2. The van der Waals surface area contributed by atoms with Gasteiger partial charge >= 0.3 is 0 Å². The van der Waals surface area contributed by atoms with Crippen molar-refractivity contribution >= 4 is 63.9 Å². The van der Waals surface area contributed by atoms with Gasteiger partial charge in [0.2, 0.25) is 17.7 Å². The molecule has 0 saturated heterocycles. The van der Waals surface area contributed by atoms with Crippen LogP contribution in [0, 0.1) is 0 Å². The van der Waals surface area contributed by atoms with Gasteiger partial charge in [-0.05, 0) is 55.9 Å². The number of anilines is 3. The topological polar surface area (TPSA) is 90.9 Å². The number of nitrogens with zero attached hydrogens (tertiary/aromatic N) is 5. The number of aromatic nitrogens is 2. The van der Waals surface area contributed by atoms with Crippen molar-refractivity contribution in [1.29, 1.82) is 0 Å². The van der Waals surface area contributed by atoms with Crippen molar-refractivity contribution in [3.8, 4) is 5.88 Å². The Hall–Kier alpha value is -3.11. The van der Waals surface area contributed by atoms with Crippen LogP contribution < -0.4 is 15.0 Å². The number of amides is 2. The Morgan fingerprint density at radius 2 is 1.89 bits per heavy atom. The van der Waals surface area contributed by atoms with Gasteiger partial charge in [0, 0.05) is 30.0 Å². The summed E-state index contributed by atoms with van der Waals surface area (Å²) in [5.74, 6) is 0.136. The summed E-state index contributed by atoms with van der Waals surface area (Å²) in [6, 6.07) is 8.99. The third-order valence-corrected chi connectivity index (χ3v) is 6.88. The molecule has 5 rings (SSSR count). The molecule has 0 spiro atoms. The second-order valence-electron chi connectivity index (χ2n) is 9.05. The highest BCUT2D eigenvalue weighted by Crippen LogP contribution is 2.39. The van der Waals surface area contributed by atoms with Gasteiger partial charge in [0.25, 0.3) is 5.91 Å². The molecule has 9 nitrogen and oxygen atoms in total. The van der Waals surface area contributed by atoms with Crippen LogP contribution in [-0.2, 0) is 17.8 Å². The molecule has 192 valence electrons. The van der Waals surface area contributed by atoms with Gasteiger partial charge in [-0.3, -0.25) is 14.5 Å². The average Bonchev–Trinajstić information content (AvgIpc) is 2.84. The zero-order chi connectivity index (χ0) is 26.3. The van der Waals surface area contributed by atoms with Crippen molar-refractivity contribution in [2.45, 2.75) is 13.0 Å². The van der Waals surface area contributed by atoms with E-state index >= 15 is 0 Å². The smallest absolute Gasteiger partial charge is 0.268 e. The van der Waals surface area contributed by atoms with E-state index in [1.807, 2.05) is 42.1 Å². The van der Waals surface area contributed by atoms with Gasteiger partial charge in [0.15, 0.2) is 6.73 Å². The van der Waals surface area contributed by atoms with Crippen LogP contribution >= 0.6 is 34.8 Å². The van der Waals surface area contributed by atoms with Crippen molar-refractivity contribution in [3.63, 3.8) is 0 Å². The molecule has 3 aromatic rings. The van der Waals surface area contributed by atoms with Gasteiger partial charge in [0.05, 0.1) is 22.3 Å². The molecule has 2 aliphatic heterocycles. The molecule has 2 aromatic carbocycles. The zero-order valence-electron chi connectivity index (χ0n) is 20.1. The van der Waals surface area contributed by atoms with Crippen molar-refractivity contribution in [2.24, 2.45) is 0 Å². The maximum Gasteiger partial charge on any atom is 0.268 e. The molecule has 2 aliphatic rings. The third-order valence-electron chi connectivity index (χ3n) is 6.09. The van der Waals surface area contributed by atoms with Crippen LogP contribution in [0.4, 0.5) is 17.3 Å². The molecule has 0 radical (unpaired) electrons. The maximum absolute atomic E-state index is 13.1. The molecular weight excluding hydrogens is 539 g/mol. The zero-order valence-corrected chi connectivity index (χ0v) is 22.4. The summed E-state index contributed by atoms with van der Waals surface area (Å²) in [7, 11) is 3.76. The number of ether oxygens (including phenoxy) is 1. The number of fused-ring (bicyclic) bond motifs is 2. The van der Waals surface area contributed by atoms with Crippen molar-refractivity contribution in [1.82, 2.24) is 19.8 Å². The lowest BCUT2D eigenvalue weighted by atomic mass is 9.99. The molecule has 12 heteroatoms. The molecule has 0 saturated carbocycles. The summed E-state index contributed by atoms with van der Waals surface area (Å²) in [6.07, 6.45) is 2.20. The maximum atomic E-state index is 13.1. The van der Waals surface area contributed by atoms with Crippen molar-refractivity contribution in [3.05, 3.63) is 68.3 Å². The van der Waals surface area contributed by atoms with E-state index in [9.17, 15) is 9.59 Å². The monoisotopic (exact) mass is 560 g/mol. The normalized spacial score (nSPS) is 14.8. The number of hydrogen-bond acceptors (Lipinski definition) is 7. The summed E-state index contributed by atoms with van der Waals surface area (Å²) < 4.78 is 5.76. The third kappa shape index (κ3) is 5.31. The minimum Gasteiger partial charge on any atom is -0.455 e. The van der Waals surface area contributed by atoms with Crippen molar-refractivity contribution < 1.29 is 14.3 Å².